The highest BCUT2D eigenvalue weighted by Gasteiger charge is 2.31. The molecule has 5 heteroatoms. The van der Waals surface area contributed by atoms with Gasteiger partial charge in [-0.1, -0.05) is 0 Å². The smallest absolute Gasteiger partial charge is 0.325 e. The fraction of sp³-hybridized carbons (Fsp3) is 0.923. The lowest BCUT2D eigenvalue weighted by Gasteiger charge is -2.28. The average molecular weight is 260 g/mol. The van der Waals surface area contributed by atoms with Gasteiger partial charge in [-0.25, -0.2) is 0 Å². The summed E-state index contributed by atoms with van der Waals surface area (Å²) in [5.74, 6) is -0.211. The van der Waals surface area contributed by atoms with E-state index in [4.69, 9.17) is 9.47 Å². The normalized spacial score (nSPS) is 16.4. The molecule has 0 aliphatic rings. The van der Waals surface area contributed by atoms with Crippen molar-refractivity contribution in [3.63, 3.8) is 0 Å². The Morgan fingerprint density at radius 3 is 2.50 bits per heavy atom. The second-order valence-corrected chi connectivity index (χ2v) is 4.96. The zero-order valence-corrected chi connectivity index (χ0v) is 12.6. The Labute approximate surface area is 111 Å². The van der Waals surface area contributed by atoms with Crippen LogP contribution in [-0.2, 0) is 14.3 Å². The minimum atomic E-state index is -0.597. The summed E-state index contributed by atoms with van der Waals surface area (Å²) >= 11 is 0. The van der Waals surface area contributed by atoms with Gasteiger partial charge in [0.1, 0.15) is 5.54 Å². The number of carbonyl (C=O) groups is 1. The molecular formula is C13H28N2O3. The van der Waals surface area contributed by atoms with E-state index in [0.717, 1.165) is 26.0 Å². The van der Waals surface area contributed by atoms with Crippen LogP contribution in [0.1, 0.15) is 26.7 Å². The summed E-state index contributed by atoms with van der Waals surface area (Å²) in [5, 5.41) is 3.04. The zero-order valence-electron chi connectivity index (χ0n) is 12.6. The van der Waals surface area contributed by atoms with Crippen molar-refractivity contribution in [1.29, 1.82) is 0 Å². The molecule has 2 atom stereocenters. The molecule has 0 bridgehead atoms. The van der Waals surface area contributed by atoms with E-state index in [1.54, 1.807) is 14.2 Å². The third-order valence-electron chi connectivity index (χ3n) is 3.54. The lowest BCUT2D eigenvalue weighted by molar-refractivity contribution is -0.148. The van der Waals surface area contributed by atoms with Crippen molar-refractivity contribution in [2.24, 2.45) is 0 Å². The predicted molar refractivity (Wildman–Crippen MR) is 72.7 cm³/mol. The van der Waals surface area contributed by atoms with Crippen molar-refractivity contribution in [3.05, 3.63) is 0 Å². The zero-order chi connectivity index (χ0) is 14.2. The van der Waals surface area contributed by atoms with E-state index in [2.05, 4.69) is 24.2 Å². The molecule has 0 aromatic rings. The van der Waals surface area contributed by atoms with E-state index < -0.39 is 5.54 Å². The number of nitrogens with one attached hydrogen (secondary N) is 1. The van der Waals surface area contributed by atoms with Gasteiger partial charge in [0.05, 0.1) is 13.7 Å². The summed E-state index contributed by atoms with van der Waals surface area (Å²) in [7, 11) is 6.98. The molecule has 0 aliphatic carbocycles. The summed E-state index contributed by atoms with van der Waals surface area (Å²) in [4.78, 5) is 13.9. The molecule has 0 saturated carbocycles. The molecule has 0 aromatic heterocycles. The van der Waals surface area contributed by atoms with Gasteiger partial charge in [-0.2, -0.15) is 0 Å². The highest BCUT2D eigenvalue weighted by molar-refractivity contribution is 5.80. The van der Waals surface area contributed by atoms with E-state index in [1.807, 2.05) is 6.92 Å². The minimum Gasteiger partial charge on any atom is -0.468 e. The number of nitrogens with zero attached hydrogens (tertiary/aromatic N) is 1. The molecule has 108 valence electrons. The maximum atomic E-state index is 11.7. The highest BCUT2D eigenvalue weighted by Crippen LogP contribution is 2.14. The number of ether oxygens (including phenoxy) is 2. The molecule has 18 heavy (non-hydrogen) atoms. The van der Waals surface area contributed by atoms with Crippen LogP contribution >= 0.6 is 0 Å². The van der Waals surface area contributed by atoms with Crippen LogP contribution in [0.15, 0.2) is 0 Å². The first-order valence-corrected chi connectivity index (χ1v) is 6.37. The molecule has 0 aliphatic heterocycles. The molecule has 0 heterocycles. The third kappa shape index (κ3) is 5.33. The second-order valence-electron chi connectivity index (χ2n) is 4.96. The Balaban J connectivity index is 4.12. The van der Waals surface area contributed by atoms with Crippen molar-refractivity contribution < 1.29 is 14.3 Å². The van der Waals surface area contributed by atoms with E-state index in [-0.39, 0.29) is 5.97 Å². The molecule has 0 saturated heterocycles. The SMILES string of the molecule is CNC(C)(CCCN(C)C(C)COC)C(=O)OC. The maximum absolute atomic E-state index is 11.7. The van der Waals surface area contributed by atoms with Gasteiger partial charge in [0.15, 0.2) is 0 Å². The van der Waals surface area contributed by atoms with Crippen LogP contribution in [0.4, 0.5) is 0 Å². The van der Waals surface area contributed by atoms with Crippen LogP contribution in [0.3, 0.4) is 0 Å². The van der Waals surface area contributed by atoms with Gasteiger partial charge in [0.2, 0.25) is 0 Å². The first kappa shape index (κ1) is 17.4. The summed E-state index contributed by atoms with van der Waals surface area (Å²) in [6.45, 7) is 5.65. The van der Waals surface area contributed by atoms with Crippen LogP contribution in [0.5, 0.6) is 0 Å². The molecule has 0 radical (unpaired) electrons. The van der Waals surface area contributed by atoms with E-state index in [9.17, 15) is 4.79 Å². The van der Waals surface area contributed by atoms with Crippen molar-refractivity contribution in [2.45, 2.75) is 38.3 Å². The number of hydrogen-bond donors (Lipinski definition) is 1. The fourth-order valence-electron chi connectivity index (χ4n) is 1.83. The van der Waals surface area contributed by atoms with E-state index in [1.165, 1.54) is 7.11 Å². The molecule has 0 rings (SSSR count). The van der Waals surface area contributed by atoms with Gasteiger partial charge in [0, 0.05) is 13.2 Å². The number of methoxy groups -OCH3 is 2. The molecule has 0 spiro atoms. The minimum absolute atomic E-state index is 0.211. The van der Waals surface area contributed by atoms with Crippen LogP contribution < -0.4 is 5.32 Å². The van der Waals surface area contributed by atoms with Gasteiger partial charge in [-0.15, -0.1) is 0 Å². The van der Waals surface area contributed by atoms with Crippen molar-refractivity contribution >= 4 is 5.97 Å². The van der Waals surface area contributed by atoms with Crippen LogP contribution in [0.2, 0.25) is 0 Å². The second kappa shape index (κ2) is 8.45. The van der Waals surface area contributed by atoms with Gasteiger partial charge in [-0.05, 0) is 47.3 Å². The van der Waals surface area contributed by atoms with E-state index >= 15 is 0 Å². The predicted octanol–water partition coefficient (Wildman–Crippen LogP) is 0.884. The third-order valence-corrected chi connectivity index (χ3v) is 3.54. The lowest BCUT2D eigenvalue weighted by Crippen LogP contribution is -2.48. The molecule has 0 aromatic carbocycles. The monoisotopic (exact) mass is 260 g/mol. The summed E-state index contributed by atoms with van der Waals surface area (Å²) < 4.78 is 9.94. The standard InChI is InChI=1S/C13H28N2O3/c1-11(10-17-5)15(4)9-7-8-13(2,14-3)12(16)18-6/h11,14H,7-10H2,1-6H3. The van der Waals surface area contributed by atoms with Gasteiger partial charge < -0.3 is 19.7 Å². The number of likely N-dealkylation sites (N-methyl/N-ethyl adjacent to an activating group) is 2. The van der Waals surface area contributed by atoms with Crippen molar-refractivity contribution in [1.82, 2.24) is 10.2 Å². The topological polar surface area (TPSA) is 50.8 Å². The Hall–Kier alpha value is -0.650. The first-order valence-electron chi connectivity index (χ1n) is 6.37. The van der Waals surface area contributed by atoms with Crippen LogP contribution in [-0.4, -0.2) is 63.9 Å². The lowest BCUT2D eigenvalue weighted by atomic mass is 9.96. The van der Waals surface area contributed by atoms with Gasteiger partial charge in [-0.3, -0.25) is 4.79 Å². The Morgan fingerprint density at radius 2 is 2.06 bits per heavy atom. The van der Waals surface area contributed by atoms with Crippen molar-refractivity contribution in [3.8, 4) is 0 Å². The van der Waals surface area contributed by atoms with Gasteiger partial charge >= 0.3 is 5.97 Å². The molecule has 0 amide bonds. The molecular weight excluding hydrogens is 232 g/mol. The Bertz CT molecular complexity index is 248. The molecule has 5 nitrogen and oxygen atoms in total. The van der Waals surface area contributed by atoms with Crippen LogP contribution in [0, 0.1) is 0 Å². The molecule has 2 unspecified atom stereocenters. The Morgan fingerprint density at radius 1 is 1.44 bits per heavy atom. The highest BCUT2D eigenvalue weighted by atomic mass is 16.5. The fourth-order valence-corrected chi connectivity index (χ4v) is 1.83. The number of esters is 1. The summed E-state index contributed by atoms with van der Waals surface area (Å²) in [6.07, 6.45) is 1.68. The largest absolute Gasteiger partial charge is 0.468 e. The number of carbonyl (C=O) groups excluding carboxylic acids is 1. The number of rotatable bonds is 9. The van der Waals surface area contributed by atoms with Crippen molar-refractivity contribution in [2.75, 3.05) is 41.5 Å². The van der Waals surface area contributed by atoms with Crippen LogP contribution in [0.25, 0.3) is 0 Å². The number of hydrogen-bond acceptors (Lipinski definition) is 5. The molecule has 1 N–H and O–H groups in total. The Kier molecular flexibility index (Phi) is 8.15. The maximum Gasteiger partial charge on any atom is 0.325 e. The summed E-state index contributed by atoms with van der Waals surface area (Å²) in [5.41, 5.74) is -0.597. The average Bonchev–Trinajstić information content (AvgIpc) is 2.37. The first-order chi connectivity index (χ1) is 8.41. The summed E-state index contributed by atoms with van der Waals surface area (Å²) in [6, 6.07) is 0.383. The molecule has 0 fully saturated rings. The quantitative estimate of drug-likeness (QED) is 0.624. The van der Waals surface area contributed by atoms with E-state index in [0.29, 0.717) is 6.04 Å². The van der Waals surface area contributed by atoms with Gasteiger partial charge in [0.25, 0.3) is 0 Å².